The van der Waals surface area contributed by atoms with E-state index in [1.54, 1.807) is 28.8 Å². The predicted octanol–water partition coefficient (Wildman–Crippen LogP) is 4.68. The zero-order chi connectivity index (χ0) is 25.9. The molecular weight excluding hydrogens is 472 g/mol. The summed E-state index contributed by atoms with van der Waals surface area (Å²) in [7, 11) is 0. The van der Waals surface area contributed by atoms with Crippen LogP contribution in [0.5, 0.6) is 0 Å². The number of hydrogen-bond donors (Lipinski definition) is 1. The van der Waals surface area contributed by atoms with Gasteiger partial charge in [0.2, 0.25) is 5.91 Å². The van der Waals surface area contributed by atoms with Crippen molar-refractivity contribution in [2.45, 2.75) is 38.8 Å². The fourth-order valence-corrected chi connectivity index (χ4v) is 4.96. The first-order valence-electron chi connectivity index (χ1n) is 12.5. The fourth-order valence-electron chi connectivity index (χ4n) is 4.96. The van der Waals surface area contributed by atoms with E-state index in [0.717, 1.165) is 33.4 Å². The van der Waals surface area contributed by atoms with Crippen LogP contribution >= 0.6 is 0 Å². The third-order valence-electron chi connectivity index (χ3n) is 6.86. The molecule has 0 radical (unpaired) electrons. The third kappa shape index (κ3) is 5.14. The zero-order valence-electron chi connectivity index (χ0n) is 20.9. The van der Waals surface area contributed by atoms with Gasteiger partial charge in [0.1, 0.15) is 12.9 Å². The van der Waals surface area contributed by atoms with Gasteiger partial charge < -0.3 is 14.4 Å². The van der Waals surface area contributed by atoms with E-state index in [1.165, 1.54) is 0 Å². The smallest absolute Gasteiger partial charge is 0.306 e. The van der Waals surface area contributed by atoms with Crippen LogP contribution in [0.2, 0.25) is 0 Å². The number of carbonyl (C=O) groups is 2. The van der Waals surface area contributed by atoms with Crippen molar-refractivity contribution in [1.29, 1.82) is 0 Å². The van der Waals surface area contributed by atoms with Gasteiger partial charge in [0.15, 0.2) is 0 Å². The van der Waals surface area contributed by atoms with E-state index in [1.807, 2.05) is 60.9 Å². The number of carbonyl (C=O) groups excluding carboxylic acids is 1. The Morgan fingerprint density at radius 3 is 2.68 bits per heavy atom. The second kappa shape index (κ2) is 10.6. The van der Waals surface area contributed by atoms with Gasteiger partial charge in [-0.2, -0.15) is 5.06 Å². The number of aromatic nitrogens is 2. The number of hydrogen-bond acceptors (Lipinski definition) is 6. The van der Waals surface area contributed by atoms with Crippen LogP contribution in [-0.2, 0) is 14.4 Å². The van der Waals surface area contributed by atoms with Crippen LogP contribution in [0, 0.1) is 0 Å². The van der Waals surface area contributed by atoms with Crippen molar-refractivity contribution in [1.82, 2.24) is 19.5 Å². The van der Waals surface area contributed by atoms with Gasteiger partial charge >= 0.3 is 5.97 Å². The molecule has 5 rings (SSSR count). The molecular formula is C28H30N4O5. The summed E-state index contributed by atoms with van der Waals surface area (Å²) in [6.45, 7) is 5.16. The molecule has 4 aromatic rings. The summed E-state index contributed by atoms with van der Waals surface area (Å²) >= 11 is 0. The van der Waals surface area contributed by atoms with Gasteiger partial charge in [0, 0.05) is 24.3 Å². The number of amides is 1. The number of imidazole rings is 1. The highest BCUT2D eigenvalue weighted by atomic mass is 16.7. The van der Waals surface area contributed by atoms with Crippen LogP contribution < -0.4 is 0 Å². The lowest BCUT2D eigenvalue weighted by Crippen LogP contribution is -2.39. The Morgan fingerprint density at radius 1 is 1.11 bits per heavy atom. The number of carboxylic acids is 1. The van der Waals surface area contributed by atoms with E-state index >= 15 is 0 Å². The zero-order valence-corrected chi connectivity index (χ0v) is 20.9. The van der Waals surface area contributed by atoms with Gasteiger partial charge in [-0.05, 0) is 61.7 Å². The quantitative estimate of drug-likeness (QED) is 0.355. The molecule has 2 aromatic heterocycles. The number of aliphatic carboxylic acids is 1. The number of fused-ring (bicyclic) bond motifs is 1. The van der Waals surface area contributed by atoms with Crippen molar-refractivity contribution in [3.63, 3.8) is 0 Å². The maximum atomic E-state index is 12.8. The number of rotatable bonds is 9. The molecule has 0 aliphatic carbocycles. The van der Waals surface area contributed by atoms with Crippen LogP contribution in [0.1, 0.15) is 38.3 Å². The highest BCUT2D eigenvalue weighted by molar-refractivity contribution is 5.83. The fraction of sp³-hybridized carbons (Fsp3) is 0.321. The van der Waals surface area contributed by atoms with Gasteiger partial charge in [-0.25, -0.2) is 4.98 Å². The van der Waals surface area contributed by atoms with Crippen molar-refractivity contribution in [3.05, 3.63) is 72.9 Å². The molecule has 1 aliphatic heterocycles. The number of carboxylic acid groups (broad SMARTS) is 1. The van der Waals surface area contributed by atoms with E-state index in [0.29, 0.717) is 19.5 Å². The second-order valence-electron chi connectivity index (χ2n) is 9.14. The van der Waals surface area contributed by atoms with Crippen LogP contribution in [0.15, 0.2) is 71.8 Å². The molecule has 1 aliphatic rings. The standard InChI is InChI=1S/C28H30N4O5/c1-3-30(4-2)27(33)16-32-26(14-23(37-32)15-28(34)35)20-6-5-7-22(12-20)31-18-29-24-13-19(8-9-25(24)31)21-10-11-36-17-21/h5-13,17-18,23,26H,3-4,14-16H2,1-2H3,(H,34,35). The average molecular weight is 503 g/mol. The molecule has 1 amide bonds. The SMILES string of the molecule is CCN(CC)C(=O)CN1OC(CC(=O)O)CC1c1cccc(-n2cnc3cc(-c4ccoc4)ccc32)c1. The monoisotopic (exact) mass is 502 g/mol. The molecule has 0 saturated carbocycles. The predicted molar refractivity (Wildman–Crippen MR) is 138 cm³/mol. The Bertz CT molecular complexity index is 1390. The molecule has 0 spiro atoms. The van der Waals surface area contributed by atoms with E-state index in [9.17, 15) is 14.7 Å². The van der Waals surface area contributed by atoms with Crippen LogP contribution in [0.25, 0.3) is 27.8 Å². The molecule has 1 fully saturated rings. The first-order chi connectivity index (χ1) is 18.0. The molecule has 1 N–H and O–H groups in total. The van der Waals surface area contributed by atoms with Gasteiger partial charge in [0.05, 0.1) is 42.1 Å². The number of furan rings is 1. The highest BCUT2D eigenvalue weighted by Crippen LogP contribution is 2.36. The van der Waals surface area contributed by atoms with E-state index in [4.69, 9.17) is 9.25 Å². The van der Waals surface area contributed by atoms with Crippen LogP contribution in [0.3, 0.4) is 0 Å². The van der Waals surface area contributed by atoms with Crippen molar-refractivity contribution < 1.29 is 24.0 Å². The number of nitrogens with zero attached hydrogens (tertiary/aromatic N) is 4. The number of hydroxylamine groups is 2. The Balaban J connectivity index is 1.44. The van der Waals surface area contributed by atoms with E-state index < -0.39 is 12.1 Å². The maximum absolute atomic E-state index is 12.8. The minimum atomic E-state index is -0.922. The number of likely N-dealkylation sites (N-methyl/N-ethyl adjacent to an activating group) is 1. The summed E-state index contributed by atoms with van der Waals surface area (Å²) in [5.74, 6) is -0.967. The van der Waals surface area contributed by atoms with Crippen molar-refractivity contribution >= 4 is 22.9 Å². The summed E-state index contributed by atoms with van der Waals surface area (Å²) in [4.78, 5) is 36.6. The molecule has 37 heavy (non-hydrogen) atoms. The molecule has 9 heteroatoms. The minimum Gasteiger partial charge on any atom is -0.481 e. The Morgan fingerprint density at radius 2 is 1.95 bits per heavy atom. The Hall–Kier alpha value is -3.95. The van der Waals surface area contributed by atoms with Crippen LogP contribution in [0.4, 0.5) is 0 Å². The molecule has 9 nitrogen and oxygen atoms in total. The van der Waals surface area contributed by atoms with Gasteiger partial charge in [-0.15, -0.1) is 0 Å². The van der Waals surface area contributed by atoms with Crippen molar-refractivity contribution in [3.8, 4) is 16.8 Å². The topological polar surface area (TPSA) is 101 Å². The average Bonchev–Trinajstić information content (AvgIpc) is 3.64. The molecule has 2 aromatic carbocycles. The summed E-state index contributed by atoms with van der Waals surface area (Å²) < 4.78 is 7.23. The highest BCUT2D eigenvalue weighted by Gasteiger charge is 2.37. The van der Waals surface area contributed by atoms with Gasteiger partial charge in [0.25, 0.3) is 0 Å². The number of benzene rings is 2. The molecule has 2 atom stereocenters. The molecule has 3 heterocycles. The van der Waals surface area contributed by atoms with Gasteiger partial charge in [-0.1, -0.05) is 18.2 Å². The molecule has 0 bridgehead atoms. The Kier molecular flexibility index (Phi) is 7.07. The normalized spacial score (nSPS) is 17.9. The summed E-state index contributed by atoms with van der Waals surface area (Å²) in [6.07, 6.45) is 5.03. The van der Waals surface area contributed by atoms with E-state index in [-0.39, 0.29) is 24.9 Å². The summed E-state index contributed by atoms with van der Waals surface area (Å²) in [6, 6.07) is 15.8. The summed E-state index contributed by atoms with van der Waals surface area (Å²) in [5, 5.41) is 11.0. The van der Waals surface area contributed by atoms with Crippen LogP contribution in [-0.4, -0.2) is 62.2 Å². The Labute approximate surface area is 214 Å². The lowest BCUT2D eigenvalue weighted by molar-refractivity contribution is -0.179. The largest absolute Gasteiger partial charge is 0.481 e. The first-order valence-corrected chi connectivity index (χ1v) is 12.5. The molecule has 1 saturated heterocycles. The second-order valence-corrected chi connectivity index (χ2v) is 9.14. The summed E-state index contributed by atoms with van der Waals surface area (Å²) in [5.41, 5.74) is 5.73. The van der Waals surface area contributed by atoms with Crippen molar-refractivity contribution in [2.75, 3.05) is 19.6 Å². The maximum Gasteiger partial charge on any atom is 0.306 e. The van der Waals surface area contributed by atoms with Crippen molar-refractivity contribution in [2.24, 2.45) is 0 Å². The third-order valence-corrected chi connectivity index (χ3v) is 6.86. The van der Waals surface area contributed by atoms with E-state index in [2.05, 4.69) is 11.1 Å². The molecule has 192 valence electrons. The minimum absolute atomic E-state index is 0.0452. The lowest BCUT2D eigenvalue weighted by Gasteiger charge is -2.26. The molecule has 2 unspecified atom stereocenters. The first kappa shape index (κ1) is 24.7. The lowest BCUT2D eigenvalue weighted by atomic mass is 9.99. The van der Waals surface area contributed by atoms with Gasteiger partial charge in [-0.3, -0.25) is 19.0 Å².